The van der Waals surface area contributed by atoms with Gasteiger partial charge in [-0.3, -0.25) is 14.4 Å². The van der Waals surface area contributed by atoms with Crippen LogP contribution in [0.25, 0.3) is 0 Å². The first-order chi connectivity index (χ1) is 10.4. The summed E-state index contributed by atoms with van der Waals surface area (Å²) in [5.41, 5.74) is 0.855. The molecule has 1 aromatic rings. The Labute approximate surface area is 130 Å². The van der Waals surface area contributed by atoms with E-state index >= 15 is 0 Å². The second-order valence-corrected chi connectivity index (χ2v) is 5.12. The van der Waals surface area contributed by atoms with Gasteiger partial charge in [0.1, 0.15) is 0 Å². The van der Waals surface area contributed by atoms with Gasteiger partial charge < -0.3 is 15.4 Å². The van der Waals surface area contributed by atoms with E-state index in [1.807, 2.05) is 30.3 Å². The van der Waals surface area contributed by atoms with Gasteiger partial charge in [0.2, 0.25) is 11.8 Å². The molecule has 0 heterocycles. The van der Waals surface area contributed by atoms with Crippen molar-refractivity contribution in [2.75, 3.05) is 7.11 Å². The molecule has 1 rings (SSSR count). The fourth-order valence-corrected chi connectivity index (χ4v) is 2.09. The van der Waals surface area contributed by atoms with Crippen LogP contribution in [0.4, 0.5) is 0 Å². The van der Waals surface area contributed by atoms with Gasteiger partial charge in [0.15, 0.2) is 0 Å². The third-order valence-corrected chi connectivity index (χ3v) is 3.08. The van der Waals surface area contributed by atoms with Crippen LogP contribution in [-0.2, 0) is 19.1 Å². The summed E-state index contributed by atoms with van der Waals surface area (Å²) in [5, 5.41) is 5.49. The van der Waals surface area contributed by atoms with Crippen LogP contribution in [0, 0.1) is 0 Å². The SMILES string of the molecule is COC(=O)CC(C)NC(=O)CC(NC(C)=O)c1ccccc1. The van der Waals surface area contributed by atoms with E-state index in [-0.39, 0.29) is 36.7 Å². The lowest BCUT2D eigenvalue weighted by Crippen LogP contribution is -2.37. The molecule has 2 atom stereocenters. The molecule has 1 aromatic carbocycles. The van der Waals surface area contributed by atoms with Gasteiger partial charge in [0.25, 0.3) is 0 Å². The van der Waals surface area contributed by atoms with Crippen LogP contribution in [0.1, 0.15) is 38.3 Å². The van der Waals surface area contributed by atoms with Crippen LogP contribution in [0.15, 0.2) is 30.3 Å². The van der Waals surface area contributed by atoms with Crippen LogP contribution in [0.3, 0.4) is 0 Å². The van der Waals surface area contributed by atoms with E-state index in [0.29, 0.717) is 0 Å². The Morgan fingerprint density at radius 2 is 1.73 bits per heavy atom. The quantitative estimate of drug-likeness (QED) is 0.744. The number of carbonyl (C=O) groups is 3. The number of rotatable bonds is 7. The van der Waals surface area contributed by atoms with Crippen LogP contribution < -0.4 is 10.6 Å². The number of carbonyl (C=O) groups excluding carboxylic acids is 3. The van der Waals surface area contributed by atoms with Crippen molar-refractivity contribution >= 4 is 17.8 Å². The van der Waals surface area contributed by atoms with Gasteiger partial charge in [-0.1, -0.05) is 30.3 Å². The molecule has 0 aliphatic heterocycles. The monoisotopic (exact) mass is 306 g/mol. The third kappa shape index (κ3) is 6.39. The molecule has 0 spiro atoms. The molecular formula is C16H22N2O4. The van der Waals surface area contributed by atoms with Gasteiger partial charge in [-0.15, -0.1) is 0 Å². The summed E-state index contributed by atoms with van der Waals surface area (Å²) >= 11 is 0. The minimum Gasteiger partial charge on any atom is -0.469 e. The van der Waals surface area contributed by atoms with Crippen molar-refractivity contribution in [1.82, 2.24) is 10.6 Å². The molecule has 0 bridgehead atoms. The fourth-order valence-electron chi connectivity index (χ4n) is 2.09. The van der Waals surface area contributed by atoms with E-state index in [2.05, 4.69) is 15.4 Å². The molecular weight excluding hydrogens is 284 g/mol. The van der Waals surface area contributed by atoms with Crippen molar-refractivity contribution in [2.45, 2.75) is 38.8 Å². The highest BCUT2D eigenvalue weighted by molar-refractivity contribution is 5.80. The highest BCUT2D eigenvalue weighted by atomic mass is 16.5. The zero-order valence-corrected chi connectivity index (χ0v) is 13.1. The van der Waals surface area contributed by atoms with Gasteiger partial charge in [-0.05, 0) is 12.5 Å². The average Bonchev–Trinajstić information content (AvgIpc) is 2.46. The molecule has 22 heavy (non-hydrogen) atoms. The molecule has 6 heteroatoms. The standard InChI is InChI=1S/C16H22N2O4/c1-11(9-16(21)22-3)17-15(20)10-14(18-12(2)19)13-7-5-4-6-8-13/h4-8,11,14H,9-10H2,1-3H3,(H,17,20)(H,18,19). The summed E-state index contributed by atoms with van der Waals surface area (Å²) in [6.45, 7) is 3.14. The van der Waals surface area contributed by atoms with E-state index in [9.17, 15) is 14.4 Å². The van der Waals surface area contributed by atoms with Crippen LogP contribution in [0.2, 0.25) is 0 Å². The van der Waals surface area contributed by atoms with Gasteiger partial charge in [0.05, 0.1) is 26.0 Å². The van der Waals surface area contributed by atoms with Crippen molar-refractivity contribution in [1.29, 1.82) is 0 Å². The largest absolute Gasteiger partial charge is 0.469 e. The summed E-state index contributed by atoms with van der Waals surface area (Å²) in [4.78, 5) is 34.5. The molecule has 2 N–H and O–H groups in total. The number of nitrogens with one attached hydrogen (secondary N) is 2. The lowest BCUT2D eigenvalue weighted by Gasteiger charge is -2.19. The molecule has 0 aliphatic carbocycles. The summed E-state index contributed by atoms with van der Waals surface area (Å²) in [7, 11) is 1.30. The first kappa shape index (κ1) is 17.7. The highest BCUT2D eigenvalue weighted by Gasteiger charge is 2.19. The lowest BCUT2D eigenvalue weighted by molar-refractivity contribution is -0.141. The topological polar surface area (TPSA) is 84.5 Å². The van der Waals surface area contributed by atoms with Crippen molar-refractivity contribution in [2.24, 2.45) is 0 Å². The number of hydrogen-bond donors (Lipinski definition) is 2. The fraction of sp³-hybridized carbons (Fsp3) is 0.438. The Morgan fingerprint density at radius 3 is 2.27 bits per heavy atom. The maximum absolute atomic E-state index is 12.1. The molecule has 2 unspecified atom stereocenters. The smallest absolute Gasteiger partial charge is 0.307 e. The maximum Gasteiger partial charge on any atom is 0.307 e. The van der Waals surface area contributed by atoms with E-state index in [4.69, 9.17) is 0 Å². The third-order valence-electron chi connectivity index (χ3n) is 3.08. The molecule has 2 amide bonds. The van der Waals surface area contributed by atoms with Gasteiger partial charge in [-0.2, -0.15) is 0 Å². The van der Waals surface area contributed by atoms with Crippen molar-refractivity contribution < 1.29 is 19.1 Å². The highest BCUT2D eigenvalue weighted by Crippen LogP contribution is 2.16. The number of hydrogen-bond acceptors (Lipinski definition) is 4. The predicted molar refractivity (Wildman–Crippen MR) is 81.9 cm³/mol. The predicted octanol–water partition coefficient (Wildman–Crippen LogP) is 1.32. The Balaban J connectivity index is 2.64. The molecule has 120 valence electrons. The second kappa shape index (κ2) is 8.81. The van der Waals surface area contributed by atoms with Crippen LogP contribution in [-0.4, -0.2) is 30.9 Å². The summed E-state index contributed by atoms with van der Waals surface area (Å²) < 4.78 is 4.56. The Hall–Kier alpha value is -2.37. The van der Waals surface area contributed by atoms with Gasteiger partial charge in [0, 0.05) is 13.0 Å². The molecule has 0 saturated carbocycles. The molecule has 0 aromatic heterocycles. The lowest BCUT2D eigenvalue weighted by atomic mass is 10.0. The zero-order valence-electron chi connectivity index (χ0n) is 13.1. The molecule has 0 fully saturated rings. The number of methoxy groups -OCH3 is 1. The molecule has 0 saturated heterocycles. The summed E-state index contributed by atoms with van der Waals surface area (Å²) in [6.07, 6.45) is 0.216. The number of ether oxygens (including phenoxy) is 1. The number of esters is 1. The van der Waals surface area contributed by atoms with Crippen molar-refractivity contribution in [3.63, 3.8) is 0 Å². The summed E-state index contributed by atoms with van der Waals surface area (Å²) in [6, 6.07) is 8.55. The van der Waals surface area contributed by atoms with E-state index < -0.39 is 6.04 Å². The maximum atomic E-state index is 12.1. The Kier molecular flexibility index (Phi) is 7.08. The van der Waals surface area contributed by atoms with Crippen molar-refractivity contribution in [3.05, 3.63) is 35.9 Å². The molecule has 0 aliphatic rings. The Morgan fingerprint density at radius 1 is 1.09 bits per heavy atom. The Bertz CT molecular complexity index is 516. The van der Waals surface area contributed by atoms with Gasteiger partial charge >= 0.3 is 5.97 Å². The van der Waals surface area contributed by atoms with Gasteiger partial charge in [-0.25, -0.2) is 0 Å². The first-order valence-corrected chi connectivity index (χ1v) is 7.10. The normalized spacial score (nSPS) is 12.9. The first-order valence-electron chi connectivity index (χ1n) is 7.10. The van der Waals surface area contributed by atoms with Crippen LogP contribution in [0.5, 0.6) is 0 Å². The number of amides is 2. The average molecular weight is 306 g/mol. The molecule has 6 nitrogen and oxygen atoms in total. The van der Waals surface area contributed by atoms with E-state index in [1.165, 1.54) is 14.0 Å². The van der Waals surface area contributed by atoms with Crippen molar-refractivity contribution in [3.8, 4) is 0 Å². The second-order valence-electron chi connectivity index (χ2n) is 5.12. The van der Waals surface area contributed by atoms with E-state index in [1.54, 1.807) is 6.92 Å². The minimum atomic E-state index is -0.399. The zero-order chi connectivity index (χ0) is 16.5. The minimum absolute atomic E-state index is 0.106. The molecule has 0 radical (unpaired) electrons. The van der Waals surface area contributed by atoms with E-state index in [0.717, 1.165) is 5.56 Å². The summed E-state index contributed by atoms with van der Waals surface area (Å²) in [5.74, 6) is -0.822. The van der Waals surface area contributed by atoms with Crippen LogP contribution >= 0.6 is 0 Å². The number of benzene rings is 1.